The second-order valence-corrected chi connectivity index (χ2v) is 6.00. The monoisotopic (exact) mass is 210 g/mol. The molecule has 0 aromatic rings. The van der Waals surface area contributed by atoms with Crippen LogP contribution in [0.5, 0.6) is 0 Å². The van der Waals surface area contributed by atoms with Crippen LogP contribution in [0.4, 0.5) is 0 Å². The second-order valence-electron chi connectivity index (χ2n) is 6.00. The minimum Gasteiger partial charge on any atom is -0.370 e. The third-order valence-corrected chi connectivity index (χ3v) is 3.07. The van der Waals surface area contributed by atoms with E-state index < -0.39 is 0 Å². The molecule has 0 aromatic carbocycles. The molecule has 0 aromatic heterocycles. The maximum atomic E-state index is 6.01. The highest BCUT2D eigenvalue weighted by Gasteiger charge is 2.28. The normalized spacial score (nSPS) is 27.3. The van der Waals surface area contributed by atoms with E-state index in [9.17, 15) is 0 Å². The zero-order valence-electron chi connectivity index (χ0n) is 10.8. The molecule has 1 nitrogen and oxygen atoms in total. The number of ether oxygens (including phenoxy) is 1. The molecule has 1 heteroatoms. The zero-order chi connectivity index (χ0) is 11.5. The summed E-state index contributed by atoms with van der Waals surface area (Å²) in [6.45, 7) is 13.2. The maximum Gasteiger partial charge on any atom is 0.0787 e. The quantitative estimate of drug-likeness (QED) is 0.628. The van der Waals surface area contributed by atoms with E-state index in [0.717, 1.165) is 12.8 Å². The first-order valence-corrected chi connectivity index (χ1v) is 6.25. The van der Waals surface area contributed by atoms with Gasteiger partial charge in [0.2, 0.25) is 0 Å². The van der Waals surface area contributed by atoms with E-state index in [0.29, 0.717) is 17.6 Å². The van der Waals surface area contributed by atoms with Crippen molar-refractivity contribution in [3.63, 3.8) is 0 Å². The topological polar surface area (TPSA) is 9.23 Å². The van der Waals surface area contributed by atoms with Crippen molar-refractivity contribution in [1.82, 2.24) is 0 Å². The highest BCUT2D eigenvalue weighted by Crippen LogP contribution is 2.32. The Morgan fingerprint density at radius 2 is 2.00 bits per heavy atom. The SMILES string of the molecule is C=C1C[C@H](CCC)O[C@H]1CCC(C)(C)C. The fraction of sp³-hybridized carbons (Fsp3) is 0.857. The molecule has 15 heavy (non-hydrogen) atoms. The highest BCUT2D eigenvalue weighted by molar-refractivity contribution is 5.09. The summed E-state index contributed by atoms with van der Waals surface area (Å²) >= 11 is 0. The van der Waals surface area contributed by atoms with Gasteiger partial charge in [0.1, 0.15) is 0 Å². The van der Waals surface area contributed by atoms with Gasteiger partial charge in [-0.2, -0.15) is 0 Å². The summed E-state index contributed by atoms with van der Waals surface area (Å²) in [5.41, 5.74) is 1.73. The minimum atomic E-state index is 0.334. The standard InChI is InChI=1S/C14H26O/c1-6-7-12-10-11(2)13(15-12)8-9-14(3,4)5/h12-13H,2,6-10H2,1,3-5H3/t12-,13-/m0/s1. The lowest BCUT2D eigenvalue weighted by molar-refractivity contribution is 0.0374. The fourth-order valence-electron chi connectivity index (χ4n) is 2.13. The van der Waals surface area contributed by atoms with Crippen LogP contribution in [0.25, 0.3) is 0 Å². The fourth-order valence-corrected chi connectivity index (χ4v) is 2.13. The van der Waals surface area contributed by atoms with Crippen molar-refractivity contribution >= 4 is 0 Å². The largest absolute Gasteiger partial charge is 0.370 e. The van der Waals surface area contributed by atoms with E-state index in [1.165, 1.54) is 24.8 Å². The molecule has 0 unspecified atom stereocenters. The molecule has 0 spiro atoms. The lowest BCUT2D eigenvalue weighted by Crippen LogP contribution is -2.15. The van der Waals surface area contributed by atoms with E-state index in [2.05, 4.69) is 34.3 Å². The van der Waals surface area contributed by atoms with Crippen LogP contribution in [-0.2, 0) is 4.74 Å². The van der Waals surface area contributed by atoms with Gasteiger partial charge in [-0.15, -0.1) is 0 Å². The molecule has 0 aliphatic carbocycles. The van der Waals surface area contributed by atoms with Gasteiger partial charge in [-0.1, -0.05) is 40.7 Å². The maximum absolute atomic E-state index is 6.01. The Morgan fingerprint density at radius 3 is 2.53 bits per heavy atom. The summed E-state index contributed by atoms with van der Waals surface area (Å²) in [5.74, 6) is 0. The van der Waals surface area contributed by atoms with E-state index in [4.69, 9.17) is 4.74 Å². The molecule has 1 aliphatic heterocycles. The van der Waals surface area contributed by atoms with Gasteiger partial charge >= 0.3 is 0 Å². The third kappa shape index (κ3) is 4.38. The predicted octanol–water partition coefficient (Wildman–Crippen LogP) is 4.33. The van der Waals surface area contributed by atoms with Crippen molar-refractivity contribution in [2.75, 3.05) is 0 Å². The van der Waals surface area contributed by atoms with E-state index in [-0.39, 0.29) is 0 Å². The van der Waals surface area contributed by atoms with E-state index in [1.54, 1.807) is 0 Å². The predicted molar refractivity (Wildman–Crippen MR) is 66.0 cm³/mol. The van der Waals surface area contributed by atoms with Gasteiger partial charge in [0.25, 0.3) is 0 Å². The molecule has 1 aliphatic rings. The summed E-state index contributed by atoms with van der Waals surface area (Å²) in [6, 6.07) is 0. The average Bonchev–Trinajstić information content (AvgIpc) is 2.42. The summed E-state index contributed by atoms with van der Waals surface area (Å²) in [4.78, 5) is 0. The van der Waals surface area contributed by atoms with Crippen LogP contribution in [0, 0.1) is 5.41 Å². The molecule has 1 fully saturated rings. The van der Waals surface area contributed by atoms with Crippen LogP contribution in [-0.4, -0.2) is 12.2 Å². The second kappa shape index (κ2) is 5.16. The molecule has 0 amide bonds. The first-order valence-electron chi connectivity index (χ1n) is 6.25. The molecule has 0 radical (unpaired) electrons. The molecule has 1 saturated heterocycles. The zero-order valence-corrected chi connectivity index (χ0v) is 10.8. The Kier molecular flexibility index (Phi) is 4.39. The van der Waals surface area contributed by atoms with Gasteiger partial charge in [0.15, 0.2) is 0 Å². The van der Waals surface area contributed by atoms with Crippen LogP contribution in [0.3, 0.4) is 0 Å². The van der Waals surface area contributed by atoms with Crippen LogP contribution in [0.1, 0.15) is 59.8 Å². The van der Waals surface area contributed by atoms with Crippen LogP contribution in [0.2, 0.25) is 0 Å². The molecule has 1 rings (SSSR count). The first-order chi connectivity index (χ1) is 6.92. The number of rotatable bonds is 4. The summed E-state index contributed by atoms with van der Waals surface area (Å²) in [6.07, 6.45) is 6.63. The Bertz CT molecular complexity index is 212. The van der Waals surface area contributed by atoms with Gasteiger partial charge in [0, 0.05) is 0 Å². The van der Waals surface area contributed by atoms with Crippen molar-refractivity contribution in [1.29, 1.82) is 0 Å². The van der Waals surface area contributed by atoms with Crippen LogP contribution < -0.4 is 0 Å². The Hall–Kier alpha value is -0.300. The summed E-state index contributed by atoms with van der Waals surface area (Å²) in [5, 5.41) is 0. The molecule has 2 atom stereocenters. The van der Waals surface area contributed by atoms with Gasteiger partial charge in [-0.3, -0.25) is 0 Å². The smallest absolute Gasteiger partial charge is 0.0787 e. The Balaban J connectivity index is 2.34. The van der Waals surface area contributed by atoms with Crippen molar-refractivity contribution in [2.24, 2.45) is 5.41 Å². The lowest BCUT2D eigenvalue weighted by atomic mass is 9.88. The molecule has 0 N–H and O–H groups in total. The van der Waals surface area contributed by atoms with Crippen molar-refractivity contribution < 1.29 is 4.74 Å². The van der Waals surface area contributed by atoms with Gasteiger partial charge in [-0.05, 0) is 36.7 Å². The molecular formula is C14H26O. The van der Waals surface area contributed by atoms with Crippen molar-refractivity contribution in [3.8, 4) is 0 Å². The van der Waals surface area contributed by atoms with E-state index in [1.807, 2.05) is 0 Å². The number of hydrogen-bond acceptors (Lipinski definition) is 1. The summed E-state index contributed by atoms with van der Waals surface area (Å²) < 4.78 is 6.01. The van der Waals surface area contributed by atoms with Crippen LogP contribution >= 0.6 is 0 Å². The minimum absolute atomic E-state index is 0.334. The molecule has 88 valence electrons. The lowest BCUT2D eigenvalue weighted by Gasteiger charge is -2.21. The summed E-state index contributed by atoms with van der Waals surface area (Å²) in [7, 11) is 0. The van der Waals surface area contributed by atoms with Gasteiger partial charge in [-0.25, -0.2) is 0 Å². The molecular weight excluding hydrogens is 184 g/mol. The van der Waals surface area contributed by atoms with Crippen molar-refractivity contribution in [2.45, 2.75) is 72.0 Å². The number of hydrogen-bond donors (Lipinski definition) is 0. The Morgan fingerprint density at radius 1 is 1.33 bits per heavy atom. The van der Waals surface area contributed by atoms with Gasteiger partial charge < -0.3 is 4.74 Å². The van der Waals surface area contributed by atoms with Crippen LogP contribution in [0.15, 0.2) is 12.2 Å². The molecule has 0 bridgehead atoms. The highest BCUT2D eigenvalue weighted by atomic mass is 16.5. The average molecular weight is 210 g/mol. The molecule has 0 saturated carbocycles. The molecule has 1 heterocycles. The van der Waals surface area contributed by atoms with Gasteiger partial charge in [0.05, 0.1) is 12.2 Å². The Labute approximate surface area is 94.9 Å². The van der Waals surface area contributed by atoms with E-state index >= 15 is 0 Å². The van der Waals surface area contributed by atoms with Crippen molar-refractivity contribution in [3.05, 3.63) is 12.2 Å². The third-order valence-electron chi connectivity index (χ3n) is 3.07. The first kappa shape index (κ1) is 12.8.